The highest BCUT2D eigenvalue weighted by atomic mass is 19.4. The lowest BCUT2D eigenvalue weighted by Gasteiger charge is -2.59. The predicted octanol–water partition coefficient (Wildman–Crippen LogP) is 7.05. The molecular formula is C36H44F6N2O9. The highest BCUT2D eigenvalue weighted by Gasteiger charge is 2.69. The van der Waals surface area contributed by atoms with Gasteiger partial charge in [-0.3, -0.25) is 9.59 Å². The number of halogens is 6. The number of alkyl halides is 6. The Morgan fingerprint density at radius 1 is 1.02 bits per heavy atom. The molecule has 1 aromatic heterocycles. The molecule has 0 amide bonds. The van der Waals surface area contributed by atoms with Crippen LogP contribution in [0.4, 0.5) is 26.3 Å². The van der Waals surface area contributed by atoms with Gasteiger partial charge in [-0.2, -0.15) is 26.3 Å². The van der Waals surface area contributed by atoms with E-state index in [9.17, 15) is 41.0 Å². The van der Waals surface area contributed by atoms with E-state index >= 15 is 0 Å². The maximum absolute atomic E-state index is 13.2. The van der Waals surface area contributed by atoms with Gasteiger partial charge in [0, 0.05) is 29.7 Å². The Morgan fingerprint density at radius 2 is 1.77 bits per heavy atom. The summed E-state index contributed by atoms with van der Waals surface area (Å²) in [5.41, 5.74) is -4.41. The third kappa shape index (κ3) is 7.87. The first-order valence-corrected chi connectivity index (χ1v) is 17.9. The number of aromatic nitrogens is 1. The number of ether oxygens (including phenoxy) is 3. The number of carbonyl (C=O) groups excluding carboxylic acids is 1. The monoisotopic (exact) mass is 762 g/mol. The molecule has 6 aliphatic rings. The molecule has 2 unspecified atom stereocenters. The second kappa shape index (κ2) is 14.9. The van der Waals surface area contributed by atoms with Crippen molar-refractivity contribution in [3.63, 3.8) is 0 Å². The minimum absolute atomic E-state index is 0.0670. The Morgan fingerprint density at radius 3 is 2.43 bits per heavy atom. The fourth-order valence-corrected chi connectivity index (χ4v) is 8.66. The molecule has 3 N–H and O–H groups in total. The van der Waals surface area contributed by atoms with Gasteiger partial charge in [0.1, 0.15) is 5.69 Å². The summed E-state index contributed by atoms with van der Waals surface area (Å²) in [6.45, 7) is 6.65. The second-order valence-electron chi connectivity index (χ2n) is 15.0. The van der Waals surface area contributed by atoms with Crippen LogP contribution < -0.4 is 5.32 Å². The van der Waals surface area contributed by atoms with Crippen molar-refractivity contribution >= 4 is 22.8 Å². The first-order chi connectivity index (χ1) is 24.8. The normalized spacial score (nSPS) is 34.6. The minimum Gasteiger partial charge on any atom is -0.481 e. The van der Waals surface area contributed by atoms with Crippen molar-refractivity contribution in [3.05, 3.63) is 41.1 Å². The van der Waals surface area contributed by atoms with E-state index in [0.29, 0.717) is 37.4 Å². The summed E-state index contributed by atoms with van der Waals surface area (Å²) in [6.07, 6.45) is -7.28. The summed E-state index contributed by atoms with van der Waals surface area (Å²) < 4.78 is 97.1. The van der Waals surface area contributed by atoms with Crippen molar-refractivity contribution in [1.82, 2.24) is 10.3 Å². The predicted molar refractivity (Wildman–Crippen MR) is 172 cm³/mol. The Kier molecular flexibility index (Phi) is 11.1. The van der Waals surface area contributed by atoms with Crippen LogP contribution in [-0.4, -0.2) is 63.7 Å². The number of piperidine rings is 1. The molecule has 294 valence electrons. The molecule has 17 heteroatoms. The molecule has 2 aromatic rings. The SMILES string of the molecule is C[C@H]1[C@@H](OC(=O)CCC(=O)O)O[C@@H]2O[C@@]3(C)CC[C@H]4[C@H](C)CC[C@@H]1[C@@]24OO3.OC(c1cc(C(F)(F)F)nc2c(C(F)(F)F)cccc12)C1CCCCN1. The summed E-state index contributed by atoms with van der Waals surface area (Å²) in [5.74, 6) is -1.82. The molecule has 1 aromatic carbocycles. The fourth-order valence-electron chi connectivity index (χ4n) is 8.66. The largest absolute Gasteiger partial charge is 0.481 e. The smallest absolute Gasteiger partial charge is 0.433 e. The van der Waals surface area contributed by atoms with Gasteiger partial charge in [-0.25, -0.2) is 14.8 Å². The van der Waals surface area contributed by atoms with Crippen LogP contribution in [0.2, 0.25) is 0 Å². The summed E-state index contributed by atoms with van der Waals surface area (Å²) >= 11 is 0. The number of carbonyl (C=O) groups is 2. The Balaban J connectivity index is 0.000000182. The summed E-state index contributed by atoms with van der Waals surface area (Å²) in [7, 11) is 0. The number of fused-ring (bicyclic) bond motifs is 3. The van der Waals surface area contributed by atoms with Gasteiger partial charge in [0.05, 0.1) is 30.0 Å². The van der Waals surface area contributed by atoms with Crippen LogP contribution >= 0.6 is 0 Å². The molecule has 6 fully saturated rings. The minimum atomic E-state index is -4.93. The van der Waals surface area contributed by atoms with Crippen molar-refractivity contribution in [3.8, 4) is 0 Å². The van der Waals surface area contributed by atoms with Gasteiger partial charge in [0.15, 0.2) is 11.9 Å². The van der Waals surface area contributed by atoms with Crippen LogP contribution in [0.25, 0.3) is 10.9 Å². The Bertz CT molecular complexity index is 1670. The van der Waals surface area contributed by atoms with Crippen molar-refractivity contribution in [2.45, 2.75) is 127 Å². The van der Waals surface area contributed by atoms with Gasteiger partial charge in [-0.15, -0.1) is 0 Å². The summed E-state index contributed by atoms with van der Waals surface area (Å²) in [4.78, 5) is 37.7. The molecule has 6 heterocycles. The van der Waals surface area contributed by atoms with Crippen molar-refractivity contribution in [2.75, 3.05) is 6.54 Å². The van der Waals surface area contributed by atoms with Gasteiger partial charge in [0.2, 0.25) is 12.1 Å². The van der Waals surface area contributed by atoms with Crippen LogP contribution in [0.3, 0.4) is 0 Å². The third-order valence-corrected chi connectivity index (χ3v) is 11.4. The molecule has 2 bridgehead atoms. The van der Waals surface area contributed by atoms with E-state index in [2.05, 4.69) is 17.2 Å². The van der Waals surface area contributed by atoms with Crippen LogP contribution in [0.5, 0.6) is 0 Å². The van der Waals surface area contributed by atoms with Crippen LogP contribution in [0, 0.1) is 23.7 Å². The highest BCUT2D eigenvalue weighted by molar-refractivity contribution is 5.86. The average Bonchev–Trinajstić information content (AvgIpc) is 3.34. The van der Waals surface area contributed by atoms with Crippen molar-refractivity contribution in [1.29, 1.82) is 0 Å². The lowest BCUT2D eigenvalue weighted by Crippen LogP contribution is -2.70. The lowest BCUT2D eigenvalue weighted by molar-refractivity contribution is -0.576. The number of hydrogen-bond donors (Lipinski definition) is 3. The average molecular weight is 763 g/mol. The van der Waals surface area contributed by atoms with Crippen LogP contribution in [-0.2, 0) is 45.9 Å². The number of nitrogens with zero attached hydrogens (tertiary/aromatic N) is 1. The van der Waals surface area contributed by atoms with E-state index in [1.54, 1.807) is 0 Å². The zero-order valence-electron chi connectivity index (χ0n) is 29.5. The molecule has 10 atom stereocenters. The number of pyridine rings is 1. The number of carboxylic acids is 1. The number of aliphatic carboxylic acids is 1. The molecule has 1 spiro atoms. The van der Waals surface area contributed by atoms with Gasteiger partial charge < -0.3 is 29.7 Å². The zero-order valence-corrected chi connectivity index (χ0v) is 29.5. The Labute approximate surface area is 301 Å². The number of carboxylic acid groups (broad SMARTS) is 1. The Hall–Kier alpha value is -3.09. The van der Waals surface area contributed by atoms with Crippen molar-refractivity contribution in [2.24, 2.45) is 23.7 Å². The first-order valence-electron chi connectivity index (χ1n) is 17.9. The fraction of sp³-hybridized carbons (Fsp3) is 0.694. The molecule has 1 aliphatic carbocycles. The molecule has 5 aliphatic heterocycles. The molecule has 53 heavy (non-hydrogen) atoms. The number of esters is 1. The van der Waals surface area contributed by atoms with Crippen LogP contribution in [0.15, 0.2) is 24.3 Å². The molecule has 8 rings (SSSR count). The number of aliphatic hydroxyl groups excluding tert-OH is 1. The number of rotatable bonds is 6. The maximum Gasteiger partial charge on any atom is 0.433 e. The maximum atomic E-state index is 13.2. The number of benzene rings is 1. The topological polar surface area (TPSA) is 146 Å². The quantitative estimate of drug-likeness (QED) is 0.158. The molecule has 1 saturated carbocycles. The number of para-hydroxylation sites is 1. The summed E-state index contributed by atoms with van der Waals surface area (Å²) in [6, 6.07) is 3.16. The van der Waals surface area contributed by atoms with E-state index < -0.39 is 77.2 Å². The zero-order chi connectivity index (χ0) is 38.5. The number of nitrogens with one attached hydrogen (secondary N) is 1. The molecule has 0 radical (unpaired) electrons. The first kappa shape index (κ1) is 39.6. The highest BCUT2D eigenvalue weighted by Crippen LogP contribution is 2.60. The number of aliphatic hydroxyl groups is 1. The van der Waals surface area contributed by atoms with E-state index in [-0.39, 0.29) is 41.5 Å². The molecule has 5 saturated heterocycles. The summed E-state index contributed by atoms with van der Waals surface area (Å²) in [5, 5.41) is 22.2. The van der Waals surface area contributed by atoms with Gasteiger partial charge in [-0.05, 0) is 75.1 Å². The standard InChI is InChI=1S/C19H28O8.C17H16F6N2O/c1-10-4-5-13-11(2)16(23-15(22)7-6-14(20)21)24-17-19(13)12(10)8-9-18(3,25-17)26-27-19;18-16(19,20)11-5-3-4-9-10(15(26)12-6-1-2-7-24-12)8-13(17(21,22)23)25-14(9)11/h10-13,16-17H,4-9H2,1-3H3,(H,20,21);3-5,8,12,15,24,26H,1-2,6-7H2/t10-,11-,12+,13+,16+,17-,18-,19-;/m1./s1. The van der Waals surface area contributed by atoms with Gasteiger partial charge in [-0.1, -0.05) is 32.4 Å². The van der Waals surface area contributed by atoms with E-state index in [4.69, 9.17) is 29.1 Å². The van der Waals surface area contributed by atoms with Gasteiger partial charge in [0.25, 0.3) is 0 Å². The van der Waals surface area contributed by atoms with Crippen LogP contribution in [0.1, 0.15) is 101 Å². The van der Waals surface area contributed by atoms with Crippen molar-refractivity contribution < 1.29 is 70.1 Å². The molecule has 11 nitrogen and oxygen atoms in total. The third-order valence-electron chi connectivity index (χ3n) is 11.4. The second-order valence-corrected chi connectivity index (χ2v) is 15.0. The van der Waals surface area contributed by atoms with E-state index in [1.165, 1.54) is 6.07 Å². The van der Waals surface area contributed by atoms with E-state index in [1.807, 2.05) is 13.8 Å². The molecular weight excluding hydrogens is 718 g/mol. The number of hydrogen-bond acceptors (Lipinski definition) is 10. The van der Waals surface area contributed by atoms with E-state index in [0.717, 1.165) is 38.2 Å². The van der Waals surface area contributed by atoms with Gasteiger partial charge >= 0.3 is 24.3 Å². The lowest BCUT2D eigenvalue weighted by atomic mass is 9.58.